The topological polar surface area (TPSA) is 94.9 Å². The zero-order valence-electron chi connectivity index (χ0n) is 10.2. The Balaban J connectivity index is 2.55. The van der Waals surface area contributed by atoms with Crippen LogP contribution in [0, 0.1) is 11.3 Å². The SMILES string of the molecule is CCCNCCNS(=O)(=O)c1ccc(C#N)nc1. The van der Waals surface area contributed by atoms with Crippen LogP contribution in [-0.2, 0) is 10.0 Å². The highest BCUT2D eigenvalue weighted by Crippen LogP contribution is 2.06. The summed E-state index contributed by atoms with van der Waals surface area (Å²) >= 11 is 0. The van der Waals surface area contributed by atoms with E-state index in [1.807, 2.05) is 13.0 Å². The average Bonchev–Trinajstić information content (AvgIpc) is 2.38. The van der Waals surface area contributed by atoms with Crippen molar-refractivity contribution >= 4 is 10.0 Å². The molecule has 1 rings (SSSR count). The van der Waals surface area contributed by atoms with Crippen LogP contribution < -0.4 is 10.0 Å². The molecule has 18 heavy (non-hydrogen) atoms. The van der Waals surface area contributed by atoms with E-state index in [0.717, 1.165) is 13.0 Å². The van der Waals surface area contributed by atoms with E-state index in [1.165, 1.54) is 18.3 Å². The number of pyridine rings is 1. The van der Waals surface area contributed by atoms with Crippen molar-refractivity contribution in [3.05, 3.63) is 24.0 Å². The van der Waals surface area contributed by atoms with E-state index in [0.29, 0.717) is 13.1 Å². The van der Waals surface area contributed by atoms with Gasteiger partial charge in [0.1, 0.15) is 16.7 Å². The number of hydrogen-bond donors (Lipinski definition) is 2. The van der Waals surface area contributed by atoms with E-state index in [9.17, 15) is 8.42 Å². The first kappa shape index (κ1) is 14.6. The zero-order chi connectivity index (χ0) is 13.4. The number of aromatic nitrogens is 1. The molecular formula is C11H16N4O2S. The van der Waals surface area contributed by atoms with Gasteiger partial charge < -0.3 is 5.32 Å². The van der Waals surface area contributed by atoms with Crippen LogP contribution in [0.3, 0.4) is 0 Å². The quantitative estimate of drug-likeness (QED) is 0.690. The number of sulfonamides is 1. The third-order valence-electron chi connectivity index (χ3n) is 2.18. The molecule has 0 saturated heterocycles. The minimum absolute atomic E-state index is 0.0667. The molecule has 98 valence electrons. The van der Waals surface area contributed by atoms with Crippen LogP contribution in [0.15, 0.2) is 23.2 Å². The molecule has 0 bridgehead atoms. The molecule has 0 aliphatic heterocycles. The lowest BCUT2D eigenvalue weighted by atomic mass is 10.4. The molecule has 0 amide bonds. The summed E-state index contributed by atoms with van der Waals surface area (Å²) in [4.78, 5) is 3.79. The number of nitrogens with one attached hydrogen (secondary N) is 2. The Morgan fingerprint density at radius 1 is 1.33 bits per heavy atom. The van der Waals surface area contributed by atoms with E-state index in [2.05, 4.69) is 15.0 Å². The molecule has 1 aromatic heterocycles. The third-order valence-corrected chi connectivity index (χ3v) is 3.63. The molecule has 0 aromatic carbocycles. The number of rotatable bonds is 7. The Hall–Kier alpha value is -1.49. The van der Waals surface area contributed by atoms with Crippen LogP contribution in [0.1, 0.15) is 19.0 Å². The van der Waals surface area contributed by atoms with Crippen LogP contribution in [0.25, 0.3) is 0 Å². The van der Waals surface area contributed by atoms with Crippen molar-refractivity contribution in [2.24, 2.45) is 0 Å². The van der Waals surface area contributed by atoms with Gasteiger partial charge in [0.25, 0.3) is 0 Å². The second-order valence-electron chi connectivity index (χ2n) is 3.64. The van der Waals surface area contributed by atoms with Gasteiger partial charge in [0.05, 0.1) is 0 Å². The third kappa shape index (κ3) is 4.41. The van der Waals surface area contributed by atoms with Crippen molar-refractivity contribution in [1.82, 2.24) is 15.0 Å². The Labute approximate surface area is 107 Å². The standard InChI is InChI=1S/C11H16N4O2S/c1-2-5-13-6-7-15-18(16,17)11-4-3-10(8-12)14-9-11/h3-4,9,13,15H,2,5-7H2,1H3. The Kier molecular flexibility index (Phi) is 5.71. The number of nitriles is 1. The molecule has 1 aromatic rings. The summed E-state index contributed by atoms with van der Waals surface area (Å²) in [5.74, 6) is 0. The lowest BCUT2D eigenvalue weighted by Crippen LogP contribution is -2.32. The lowest BCUT2D eigenvalue weighted by molar-refractivity contribution is 0.575. The van der Waals surface area contributed by atoms with Crippen molar-refractivity contribution in [1.29, 1.82) is 5.26 Å². The molecule has 2 N–H and O–H groups in total. The fraction of sp³-hybridized carbons (Fsp3) is 0.455. The van der Waals surface area contributed by atoms with Crippen LogP contribution in [-0.4, -0.2) is 33.0 Å². The Morgan fingerprint density at radius 3 is 2.67 bits per heavy atom. The van der Waals surface area contributed by atoms with Crippen LogP contribution >= 0.6 is 0 Å². The van der Waals surface area contributed by atoms with Gasteiger partial charge in [0.15, 0.2) is 0 Å². The summed E-state index contributed by atoms with van der Waals surface area (Å²) in [6.45, 7) is 3.80. The summed E-state index contributed by atoms with van der Waals surface area (Å²) in [5, 5.41) is 11.7. The number of nitrogens with zero attached hydrogens (tertiary/aromatic N) is 2. The van der Waals surface area contributed by atoms with E-state index < -0.39 is 10.0 Å². The zero-order valence-corrected chi connectivity index (χ0v) is 11.0. The molecule has 0 aliphatic carbocycles. The summed E-state index contributed by atoms with van der Waals surface area (Å²) < 4.78 is 26.1. The largest absolute Gasteiger partial charge is 0.315 e. The molecule has 0 aliphatic rings. The first-order chi connectivity index (χ1) is 8.60. The van der Waals surface area contributed by atoms with E-state index >= 15 is 0 Å². The van der Waals surface area contributed by atoms with Crippen LogP contribution in [0.2, 0.25) is 0 Å². The van der Waals surface area contributed by atoms with Crippen molar-refractivity contribution < 1.29 is 8.42 Å². The molecule has 7 heteroatoms. The van der Waals surface area contributed by atoms with Gasteiger partial charge in [0, 0.05) is 19.3 Å². The predicted molar refractivity (Wildman–Crippen MR) is 67.3 cm³/mol. The lowest BCUT2D eigenvalue weighted by Gasteiger charge is -2.07. The fourth-order valence-corrected chi connectivity index (χ4v) is 2.24. The van der Waals surface area contributed by atoms with Gasteiger partial charge in [0.2, 0.25) is 10.0 Å². The molecule has 6 nitrogen and oxygen atoms in total. The predicted octanol–water partition coefficient (Wildman–Crippen LogP) is 0.231. The molecule has 0 radical (unpaired) electrons. The fourth-order valence-electron chi connectivity index (χ4n) is 1.26. The van der Waals surface area contributed by atoms with Crippen molar-refractivity contribution in [3.8, 4) is 6.07 Å². The summed E-state index contributed by atoms with van der Waals surface area (Å²) in [6.07, 6.45) is 2.19. The average molecular weight is 268 g/mol. The van der Waals surface area contributed by atoms with Crippen molar-refractivity contribution in [3.63, 3.8) is 0 Å². The maximum absolute atomic E-state index is 11.8. The molecule has 0 atom stereocenters. The molecule has 1 heterocycles. The first-order valence-corrected chi connectivity index (χ1v) is 7.15. The highest BCUT2D eigenvalue weighted by molar-refractivity contribution is 7.89. The van der Waals surface area contributed by atoms with E-state index in [-0.39, 0.29) is 10.6 Å². The van der Waals surface area contributed by atoms with Gasteiger partial charge >= 0.3 is 0 Å². The molecule has 0 spiro atoms. The minimum atomic E-state index is -3.53. The number of hydrogen-bond acceptors (Lipinski definition) is 5. The second kappa shape index (κ2) is 7.06. The van der Waals surface area contributed by atoms with Gasteiger partial charge in [-0.25, -0.2) is 18.1 Å². The van der Waals surface area contributed by atoms with Crippen LogP contribution in [0.5, 0.6) is 0 Å². The monoisotopic (exact) mass is 268 g/mol. The smallest absolute Gasteiger partial charge is 0.242 e. The van der Waals surface area contributed by atoms with Gasteiger partial charge in [-0.2, -0.15) is 5.26 Å². The molecule has 0 unspecified atom stereocenters. The van der Waals surface area contributed by atoms with Crippen LogP contribution in [0.4, 0.5) is 0 Å². The molecule has 0 fully saturated rings. The maximum Gasteiger partial charge on any atom is 0.242 e. The van der Waals surface area contributed by atoms with Gasteiger partial charge in [-0.3, -0.25) is 0 Å². The minimum Gasteiger partial charge on any atom is -0.315 e. The Morgan fingerprint density at radius 2 is 2.11 bits per heavy atom. The van der Waals surface area contributed by atoms with Crippen molar-refractivity contribution in [2.45, 2.75) is 18.2 Å². The maximum atomic E-state index is 11.8. The first-order valence-electron chi connectivity index (χ1n) is 5.66. The summed E-state index contributed by atoms with van der Waals surface area (Å²) in [6, 6.07) is 4.58. The molecular weight excluding hydrogens is 252 g/mol. The summed E-state index contributed by atoms with van der Waals surface area (Å²) in [5.41, 5.74) is 0.193. The Bertz CT molecular complexity index is 505. The van der Waals surface area contributed by atoms with Gasteiger partial charge in [-0.1, -0.05) is 6.92 Å². The highest BCUT2D eigenvalue weighted by Gasteiger charge is 2.13. The van der Waals surface area contributed by atoms with Gasteiger partial charge in [-0.15, -0.1) is 0 Å². The van der Waals surface area contributed by atoms with E-state index in [1.54, 1.807) is 0 Å². The normalized spacial score (nSPS) is 11.1. The second-order valence-corrected chi connectivity index (χ2v) is 5.41. The highest BCUT2D eigenvalue weighted by atomic mass is 32.2. The summed E-state index contributed by atoms with van der Waals surface area (Å²) in [7, 11) is -3.53. The van der Waals surface area contributed by atoms with E-state index in [4.69, 9.17) is 5.26 Å². The van der Waals surface area contributed by atoms with Gasteiger partial charge in [-0.05, 0) is 25.1 Å². The van der Waals surface area contributed by atoms with Crippen molar-refractivity contribution in [2.75, 3.05) is 19.6 Å². The molecule has 0 saturated carbocycles.